The molecule has 1 aromatic rings. The first-order valence-corrected chi connectivity index (χ1v) is 7.13. The van der Waals surface area contributed by atoms with Gasteiger partial charge in [0.05, 0.1) is 12.6 Å². The first-order valence-electron chi connectivity index (χ1n) is 7.13. The first kappa shape index (κ1) is 13.5. The summed E-state index contributed by atoms with van der Waals surface area (Å²) in [5.74, 6) is 1.06. The Morgan fingerprint density at radius 3 is 2.90 bits per heavy atom. The van der Waals surface area contributed by atoms with Gasteiger partial charge in [-0.15, -0.1) is 0 Å². The number of aromatic nitrogens is 2. The van der Waals surface area contributed by atoms with E-state index in [4.69, 9.17) is 10.3 Å². The summed E-state index contributed by atoms with van der Waals surface area (Å²) in [7, 11) is 0. The molecular weight excluding hydrogens is 263 g/mol. The van der Waals surface area contributed by atoms with Gasteiger partial charge in [0, 0.05) is 18.9 Å². The summed E-state index contributed by atoms with van der Waals surface area (Å²) in [6.07, 6.45) is 3.73. The van der Waals surface area contributed by atoms with Gasteiger partial charge in [0.25, 0.3) is 0 Å². The minimum absolute atomic E-state index is 0.152. The fraction of sp³-hybridized carbons (Fsp3) is 0.769. The van der Waals surface area contributed by atoms with Crippen molar-refractivity contribution in [3.05, 3.63) is 11.7 Å². The number of carbonyl (C=O) groups excluding carboxylic acids is 1. The lowest BCUT2D eigenvalue weighted by Crippen LogP contribution is -2.39. The maximum Gasteiger partial charge on any atom is 0.240 e. The highest BCUT2D eigenvalue weighted by Gasteiger charge is 2.36. The van der Waals surface area contributed by atoms with Gasteiger partial charge in [-0.3, -0.25) is 9.69 Å². The van der Waals surface area contributed by atoms with E-state index in [0.29, 0.717) is 11.8 Å². The Kier molecular flexibility index (Phi) is 3.69. The predicted molar refractivity (Wildman–Crippen MR) is 68.4 cm³/mol. The van der Waals surface area contributed by atoms with Crippen molar-refractivity contribution in [2.24, 2.45) is 5.73 Å². The fourth-order valence-electron chi connectivity index (χ4n) is 3.17. The molecule has 2 aliphatic rings. The Morgan fingerprint density at radius 2 is 2.20 bits per heavy atom. The standard InChI is InChI=1S/C13H19FN4O2/c14-9-5-10(12(15)19)18(6-9)7-11-16-13(17-20-11)8-3-1-2-4-8/h8-10H,1-7H2,(H2,15,19)/t9-,10+/m1/s1. The number of alkyl halides is 1. The molecule has 1 aliphatic carbocycles. The maximum absolute atomic E-state index is 13.4. The normalized spacial score (nSPS) is 28.2. The average Bonchev–Trinajstić information content (AvgIpc) is 3.09. The van der Waals surface area contributed by atoms with E-state index in [2.05, 4.69) is 10.1 Å². The molecule has 20 heavy (non-hydrogen) atoms. The number of hydrogen-bond acceptors (Lipinski definition) is 5. The van der Waals surface area contributed by atoms with Gasteiger partial charge in [0.2, 0.25) is 11.8 Å². The maximum atomic E-state index is 13.4. The van der Waals surface area contributed by atoms with Crippen LogP contribution in [0.4, 0.5) is 4.39 Å². The summed E-state index contributed by atoms with van der Waals surface area (Å²) in [5.41, 5.74) is 5.29. The number of nitrogens with two attached hydrogens (primary N) is 1. The van der Waals surface area contributed by atoms with E-state index in [0.717, 1.165) is 18.7 Å². The molecule has 0 unspecified atom stereocenters. The van der Waals surface area contributed by atoms with Crippen molar-refractivity contribution in [2.75, 3.05) is 6.54 Å². The number of primary amides is 1. The summed E-state index contributed by atoms with van der Waals surface area (Å²) < 4.78 is 18.6. The lowest BCUT2D eigenvalue weighted by Gasteiger charge is -2.18. The minimum Gasteiger partial charge on any atom is -0.368 e. The van der Waals surface area contributed by atoms with E-state index in [1.807, 2.05) is 0 Å². The molecule has 7 heteroatoms. The van der Waals surface area contributed by atoms with Crippen LogP contribution in [0.15, 0.2) is 4.52 Å². The first-order chi connectivity index (χ1) is 9.63. The molecule has 2 N–H and O–H groups in total. The van der Waals surface area contributed by atoms with Gasteiger partial charge in [-0.05, 0) is 12.8 Å². The van der Waals surface area contributed by atoms with Crippen LogP contribution in [-0.4, -0.2) is 39.7 Å². The molecule has 1 amide bonds. The second kappa shape index (κ2) is 5.47. The van der Waals surface area contributed by atoms with E-state index in [1.54, 1.807) is 4.90 Å². The van der Waals surface area contributed by atoms with Crippen LogP contribution in [0.2, 0.25) is 0 Å². The van der Waals surface area contributed by atoms with E-state index in [1.165, 1.54) is 12.8 Å². The molecule has 1 aliphatic heterocycles. The third-order valence-electron chi connectivity index (χ3n) is 4.22. The molecule has 110 valence electrons. The van der Waals surface area contributed by atoms with Crippen molar-refractivity contribution in [3.8, 4) is 0 Å². The number of carbonyl (C=O) groups is 1. The summed E-state index contributed by atoms with van der Waals surface area (Å²) in [6.45, 7) is 0.475. The third-order valence-corrected chi connectivity index (χ3v) is 4.22. The van der Waals surface area contributed by atoms with Crippen LogP contribution in [0.1, 0.15) is 49.7 Å². The Bertz CT molecular complexity index is 486. The van der Waals surface area contributed by atoms with Crippen LogP contribution in [0.5, 0.6) is 0 Å². The summed E-state index contributed by atoms with van der Waals surface area (Å²) in [4.78, 5) is 17.4. The number of halogens is 1. The molecular formula is C13H19FN4O2. The Morgan fingerprint density at radius 1 is 1.45 bits per heavy atom. The predicted octanol–water partition coefficient (Wildman–Crippen LogP) is 1.12. The van der Waals surface area contributed by atoms with Crippen LogP contribution in [0.25, 0.3) is 0 Å². The summed E-state index contributed by atoms with van der Waals surface area (Å²) in [5, 5.41) is 4.01. The van der Waals surface area contributed by atoms with E-state index in [-0.39, 0.29) is 19.5 Å². The number of nitrogens with zero attached hydrogens (tertiary/aromatic N) is 3. The van der Waals surface area contributed by atoms with Crippen molar-refractivity contribution in [1.82, 2.24) is 15.0 Å². The van der Waals surface area contributed by atoms with E-state index < -0.39 is 18.1 Å². The molecule has 6 nitrogen and oxygen atoms in total. The molecule has 0 radical (unpaired) electrons. The molecule has 2 heterocycles. The van der Waals surface area contributed by atoms with Crippen LogP contribution in [-0.2, 0) is 11.3 Å². The molecule has 2 atom stereocenters. The highest BCUT2D eigenvalue weighted by atomic mass is 19.1. The van der Waals surface area contributed by atoms with Crippen molar-refractivity contribution in [2.45, 2.75) is 56.8 Å². The third kappa shape index (κ3) is 2.67. The molecule has 2 fully saturated rings. The van der Waals surface area contributed by atoms with Crippen molar-refractivity contribution >= 4 is 5.91 Å². The van der Waals surface area contributed by atoms with Gasteiger partial charge in [-0.25, -0.2) is 4.39 Å². The van der Waals surface area contributed by atoms with Gasteiger partial charge < -0.3 is 10.3 Å². The molecule has 0 aromatic carbocycles. The van der Waals surface area contributed by atoms with Gasteiger partial charge in [-0.1, -0.05) is 18.0 Å². The summed E-state index contributed by atoms with van der Waals surface area (Å²) in [6, 6.07) is -0.577. The SMILES string of the molecule is NC(=O)[C@@H]1C[C@@H](F)CN1Cc1nc(C2CCCC2)no1. The highest BCUT2D eigenvalue weighted by Crippen LogP contribution is 2.32. The fourth-order valence-corrected chi connectivity index (χ4v) is 3.17. The van der Waals surface area contributed by atoms with Crippen LogP contribution in [0.3, 0.4) is 0 Å². The highest BCUT2D eigenvalue weighted by molar-refractivity contribution is 5.80. The Labute approximate surface area is 116 Å². The quantitative estimate of drug-likeness (QED) is 0.894. The summed E-state index contributed by atoms with van der Waals surface area (Å²) >= 11 is 0. The molecule has 1 aromatic heterocycles. The van der Waals surface area contributed by atoms with Crippen LogP contribution >= 0.6 is 0 Å². The smallest absolute Gasteiger partial charge is 0.240 e. The molecule has 0 spiro atoms. The molecule has 0 bridgehead atoms. The zero-order valence-electron chi connectivity index (χ0n) is 11.3. The van der Waals surface area contributed by atoms with Gasteiger partial charge >= 0.3 is 0 Å². The van der Waals surface area contributed by atoms with Gasteiger partial charge in [0.1, 0.15) is 6.17 Å². The molecule has 3 rings (SSSR count). The van der Waals surface area contributed by atoms with E-state index >= 15 is 0 Å². The van der Waals surface area contributed by atoms with Crippen molar-refractivity contribution in [3.63, 3.8) is 0 Å². The minimum atomic E-state index is -1.02. The zero-order chi connectivity index (χ0) is 14.1. The number of amides is 1. The zero-order valence-corrected chi connectivity index (χ0v) is 11.3. The largest absolute Gasteiger partial charge is 0.368 e. The van der Waals surface area contributed by atoms with Crippen molar-refractivity contribution in [1.29, 1.82) is 0 Å². The second-order valence-electron chi connectivity index (χ2n) is 5.71. The van der Waals surface area contributed by atoms with Crippen molar-refractivity contribution < 1.29 is 13.7 Å². The Hall–Kier alpha value is -1.50. The van der Waals surface area contributed by atoms with Crippen LogP contribution < -0.4 is 5.73 Å². The number of rotatable bonds is 4. The number of likely N-dealkylation sites (tertiary alicyclic amines) is 1. The van der Waals surface area contributed by atoms with Crippen LogP contribution in [0, 0.1) is 0 Å². The monoisotopic (exact) mass is 282 g/mol. The molecule has 1 saturated carbocycles. The lowest BCUT2D eigenvalue weighted by molar-refractivity contribution is -0.122. The second-order valence-corrected chi connectivity index (χ2v) is 5.71. The Balaban J connectivity index is 1.66. The van der Waals surface area contributed by atoms with E-state index in [9.17, 15) is 9.18 Å². The molecule has 1 saturated heterocycles. The number of hydrogen-bond donors (Lipinski definition) is 1. The topological polar surface area (TPSA) is 85.3 Å². The van der Waals surface area contributed by atoms with Gasteiger partial charge in [-0.2, -0.15) is 4.98 Å². The average molecular weight is 282 g/mol. The van der Waals surface area contributed by atoms with Gasteiger partial charge in [0.15, 0.2) is 5.82 Å². The lowest BCUT2D eigenvalue weighted by atomic mass is 10.1.